The molecule has 0 saturated carbocycles. The van der Waals surface area contributed by atoms with Crippen LogP contribution < -0.4 is 14.8 Å². The van der Waals surface area contributed by atoms with E-state index >= 15 is 0 Å². The molecule has 0 fully saturated rings. The van der Waals surface area contributed by atoms with Crippen molar-refractivity contribution in [3.8, 4) is 11.5 Å². The van der Waals surface area contributed by atoms with Crippen LogP contribution in [0.15, 0.2) is 78.0 Å². The van der Waals surface area contributed by atoms with Gasteiger partial charge in [-0.3, -0.25) is 9.59 Å². The molecule has 3 aromatic carbocycles. The Kier molecular flexibility index (Phi) is 8.43. The van der Waals surface area contributed by atoms with Gasteiger partial charge < -0.3 is 24.4 Å². The lowest BCUT2D eigenvalue weighted by atomic mass is 9.83. The van der Waals surface area contributed by atoms with E-state index in [0.29, 0.717) is 33.9 Å². The number of hydrogen-bond acceptors (Lipinski definition) is 6. The lowest BCUT2D eigenvalue weighted by molar-refractivity contribution is -0.140. The SMILES string of the molecule is CCOC(=O)C1=C(C)N(Cc2cccc(C(=O)NCc3ccc4c(c3)OCO4)c2)C(=O)CC1c1ccc(C(F)(F)F)cc1. The smallest absolute Gasteiger partial charge is 0.416 e. The monoisotopic (exact) mass is 594 g/mol. The van der Waals surface area contributed by atoms with E-state index in [0.717, 1.165) is 17.7 Å². The van der Waals surface area contributed by atoms with Gasteiger partial charge in [-0.25, -0.2) is 4.79 Å². The number of amides is 2. The second-order valence-electron chi connectivity index (χ2n) is 10.1. The van der Waals surface area contributed by atoms with Gasteiger partial charge in [-0.1, -0.05) is 30.3 Å². The number of carbonyl (C=O) groups excluding carboxylic acids is 3. The number of carbonyl (C=O) groups is 3. The molecule has 0 bridgehead atoms. The van der Waals surface area contributed by atoms with Crippen molar-refractivity contribution in [2.45, 2.75) is 45.5 Å². The first-order valence-corrected chi connectivity index (χ1v) is 13.7. The number of rotatable bonds is 8. The summed E-state index contributed by atoms with van der Waals surface area (Å²) in [5.74, 6) is -0.765. The van der Waals surface area contributed by atoms with Crippen LogP contribution in [0.1, 0.15) is 58.8 Å². The second kappa shape index (κ2) is 12.2. The van der Waals surface area contributed by atoms with Gasteiger partial charge in [0.25, 0.3) is 5.91 Å². The van der Waals surface area contributed by atoms with Crippen LogP contribution in [-0.4, -0.2) is 36.1 Å². The number of halogens is 3. The van der Waals surface area contributed by atoms with Crippen LogP contribution in [0.4, 0.5) is 13.2 Å². The number of alkyl halides is 3. The predicted molar refractivity (Wildman–Crippen MR) is 149 cm³/mol. The fourth-order valence-corrected chi connectivity index (χ4v) is 5.19. The standard InChI is InChI=1S/C32H29F3N2O6/c1-3-41-31(40)29-19(2)37(28(38)15-25(29)22-8-10-24(11-9-22)32(33,34)35)17-21-5-4-6-23(13-21)30(39)36-16-20-7-12-26-27(14-20)43-18-42-26/h4-14,25H,3,15-18H2,1-2H3,(H,36,39). The summed E-state index contributed by atoms with van der Waals surface area (Å²) in [6.07, 6.45) is -4.64. The predicted octanol–water partition coefficient (Wildman–Crippen LogP) is 5.72. The third-order valence-electron chi connectivity index (χ3n) is 7.38. The van der Waals surface area contributed by atoms with Crippen LogP contribution in [0.25, 0.3) is 0 Å². The van der Waals surface area contributed by atoms with Gasteiger partial charge in [-0.15, -0.1) is 0 Å². The largest absolute Gasteiger partial charge is 0.463 e. The number of hydrogen-bond donors (Lipinski definition) is 1. The molecular formula is C32H29F3N2O6. The van der Waals surface area contributed by atoms with Gasteiger partial charge in [0, 0.05) is 30.1 Å². The summed E-state index contributed by atoms with van der Waals surface area (Å²) in [5.41, 5.74) is 2.01. The molecule has 0 spiro atoms. The Balaban J connectivity index is 1.35. The van der Waals surface area contributed by atoms with Crippen molar-refractivity contribution in [2.24, 2.45) is 0 Å². The molecule has 2 aliphatic heterocycles. The number of fused-ring (bicyclic) bond motifs is 1. The Bertz CT molecular complexity index is 1580. The van der Waals surface area contributed by atoms with Crippen LogP contribution in [0.2, 0.25) is 0 Å². The first-order valence-electron chi connectivity index (χ1n) is 13.7. The molecule has 11 heteroatoms. The summed E-state index contributed by atoms with van der Waals surface area (Å²) >= 11 is 0. The molecule has 0 saturated heterocycles. The molecule has 5 rings (SSSR count). The summed E-state index contributed by atoms with van der Waals surface area (Å²) < 4.78 is 55.3. The third-order valence-corrected chi connectivity index (χ3v) is 7.38. The van der Waals surface area contributed by atoms with Crippen molar-refractivity contribution in [3.63, 3.8) is 0 Å². The third kappa shape index (κ3) is 6.50. The maximum Gasteiger partial charge on any atom is 0.416 e. The zero-order chi connectivity index (χ0) is 30.7. The normalized spacial score (nSPS) is 16.3. The molecule has 224 valence electrons. The Morgan fingerprint density at radius 1 is 1.00 bits per heavy atom. The van der Waals surface area contributed by atoms with E-state index < -0.39 is 23.6 Å². The molecular weight excluding hydrogens is 565 g/mol. The Hall–Kier alpha value is -4.80. The Morgan fingerprint density at radius 2 is 1.74 bits per heavy atom. The summed E-state index contributed by atoms with van der Waals surface area (Å²) in [4.78, 5) is 40.8. The molecule has 3 aromatic rings. The highest BCUT2D eigenvalue weighted by molar-refractivity contribution is 5.96. The van der Waals surface area contributed by atoms with E-state index in [2.05, 4.69) is 5.32 Å². The number of esters is 1. The van der Waals surface area contributed by atoms with Crippen LogP contribution in [0.3, 0.4) is 0 Å². The molecule has 1 unspecified atom stereocenters. The minimum Gasteiger partial charge on any atom is -0.463 e. The van der Waals surface area contributed by atoms with Gasteiger partial charge in [-0.05, 0) is 66.9 Å². The Labute approximate surface area is 246 Å². The van der Waals surface area contributed by atoms with Crippen LogP contribution in [-0.2, 0) is 33.6 Å². The highest BCUT2D eigenvalue weighted by Gasteiger charge is 2.38. The zero-order valence-corrected chi connectivity index (χ0v) is 23.5. The van der Waals surface area contributed by atoms with E-state index in [-0.39, 0.29) is 50.3 Å². The minimum absolute atomic E-state index is 0.0799. The molecule has 0 aromatic heterocycles. The van der Waals surface area contributed by atoms with Gasteiger partial charge in [0.1, 0.15) is 0 Å². The maximum absolute atomic E-state index is 13.4. The molecule has 43 heavy (non-hydrogen) atoms. The molecule has 2 heterocycles. The summed E-state index contributed by atoms with van der Waals surface area (Å²) in [7, 11) is 0. The first-order chi connectivity index (χ1) is 20.5. The van der Waals surface area contributed by atoms with Gasteiger partial charge in [-0.2, -0.15) is 13.2 Å². The highest BCUT2D eigenvalue weighted by Crippen LogP contribution is 2.39. The highest BCUT2D eigenvalue weighted by atomic mass is 19.4. The van der Waals surface area contributed by atoms with E-state index in [1.165, 1.54) is 17.0 Å². The first kappa shape index (κ1) is 29.7. The second-order valence-corrected chi connectivity index (χ2v) is 10.1. The topological polar surface area (TPSA) is 94.2 Å². The van der Waals surface area contributed by atoms with Crippen molar-refractivity contribution in [1.82, 2.24) is 10.2 Å². The average molecular weight is 595 g/mol. The van der Waals surface area contributed by atoms with Gasteiger partial charge in [0.05, 0.1) is 24.3 Å². The van der Waals surface area contributed by atoms with Crippen molar-refractivity contribution in [1.29, 1.82) is 0 Å². The number of ether oxygens (including phenoxy) is 3. The van der Waals surface area contributed by atoms with Crippen LogP contribution in [0.5, 0.6) is 11.5 Å². The van der Waals surface area contributed by atoms with Crippen molar-refractivity contribution >= 4 is 17.8 Å². The lowest BCUT2D eigenvalue weighted by Gasteiger charge is -2.34. The molecule has 1 N–H and O–H groups in total. The maximum atomic E-state index is 13.4. The number of allylic oxidation sites excluding steroid dienone is 1. The lowest BCUT2D eigenvalue weighted by Crippen LogP contribution is -2.38. The molecule has 2 amide bonds. The van der Waals surface area contributed by atoms with E-state index in [1.807, 2.05) is 6.07 Å². The number of nitrogens with one attached hydrogen (secondary N) is 1. The fraction of sp³-hybridized carbons (Fsp3) is 0.281. The summed E-state index contributed by atoms with van der Waals surface area (Å²) in [6, 6.07) is 16.7. The number of nitrogens with zero attached hydrogens (tertiary/aromatic N) is 1. The van der Waals surface area contributed by atoms with E-state index in [9.17, 15) is 27.6 Å². The minimum atomic E-state index is -4.51. The molecule has 0 aliphatic carbocycles. The van der Waals surface area contributed by atoms with Crippen molar-refractivity contribution < 1.29 is 41.8 Å². The molecule has 0 radical (unpaired) electrons. The van der Waals surface area contributed by atoms with E-state index in [4.69, 9.17) is 14.2 Å². The average Bonchev–Trinajstić information content (AvgIpc) is 3.46. The molecule has 2 aliphatic rings. The Morgan fingerprint density at radius 3 is 2.47 bits per heavy atom. The summed E-state index contributed by atoms with van der Waals surface area (Å²) in [5, 5.41) is 2.87. The van der Waals surface area contributed by atoms with Crippen LogP contribution >= 0.6 is 0 Å². The fourth-order valence-electron chi connectivity index (χ4n) is 5.19. The van der Waals surface area contributed by atoms with Crippen LogP contribution in [0, 0.1) is 0 Å². The van der Waals surface area contributed by atoms with Gasteiger partial charge >= 0.3 is 12.1 Å². The number of benzene rings is 3. The van der Waals surface area contributed by atoms with Crippen molar-refractivity contribution in [2.75, 3.05) is 13.4 Å². The van der Waals surface area contributed by atoms with Gasteiger partial charge in [0.15, 0.2) is 11.5 Å². The van der Waals surface area contributed by atoms with Gasteiger partial charge in [0.2, 0.25) is 12.7 Å². The van der Waals surface area contributed by atoms with E-state index in [1.54, 1.807) is 50.2 Å². The molecule has 8 nitrogen and oxygen atoms in total. The zero-order valence-electron chi connectivity index (χ0n) is 23.5. The quantitative estimate of drug-likeness (QED) is 0.336. The molecule has 1 atom stereocenters. The van der Waals surface area contributed by atoms with Crippen molar-refractivity contribution in [3.05, 3.63) is 106 Å². The summed E-state index contributed by atoms with van der Waals surface area (Å²) in [6.45, 7) is 3.85.